The Morgan fingerprint density at radius 1 is 0.909 bits per heavy atom. The lowest BCUT2D eigenvalue weighted by Crippen LogP contribution is -2.32. The molecule has 170 valence electrons. The Morgan fingerprint density at radius 2 is 1.70 bits per heavy atom. The second kappa shape index (κ2) is 10.3. The smallest absolute Gasteiger partial charge is 0.124 e. The van der Waals surface area contributed by atoms with Gasteiger partial charge in [-0.3, -0.25) is 9.97 Å². The van der Waals surface area contributed by atoms with Crippen LogP contribution in [0.3, 0.4) is 0 Å². The fourth-order valence-electron chi connectivity index (χ4n) is 3.64. The number of pyridine rings is 1. The Balaban J connectivity index is 1.76. The molecule has 0 aliphatic rings. The highest BCUT2D eigenvalue weighted by Crippen LogP contribution is 2.34. The highest BCUT2D eigenvalue weighted by molar-refractivity contribution is 5.82. The number of hydrogen-bond acceptors (Lipinski definition) is 7. The monoisotopic (exact) mass is 443 g/mol. The normalized spacial score (nSPS) is 11.1. The second-order valence-corrected chi connectivity index (χ2v) is 8.00. The van der Waals surface area contributed by atoms with Crippen molar-refractivity contribution in [1.29, 1.82) is 0 Å². The molecule has 0 bridgehead atoms. The van der Waals surface area contributed by atoms with Gasteiger partial charge in [0.05, 0.1) is 37.1 Å². The minimum Gasteiger partial charge on any atom is -0.497 e. The van der Waals surface area contributed by atoms with Crippen LogP contribution < -0.4 is 19.7 Å². The van der Waals surface area contributed by atoms with Crippen molar-refractivity contribution in [3.63, 3.8) is 0 Å². The van der Waals surface area contributed by atoms with E-state index >= 15 is 0 Å². The van der Waals surface area contributed by atoms with Crippen molar-refractivity contribution in [2.45, 2.75) is 19.9 Å². The maximum Gasteiger partial charge on any atom is 0.124 e. The number of aromatic nitrogens is 3. The molecule has 0 aliphatic carbocycles. The van der Waals surface area contributed by atoms with Gasteiger partial charge < -0.3 is 19.7 Å². The van der Waals surface area contributed by atoms with E-state index in [-0.39, 0.29) is 0 Å². The third-order valence-corrected chi connectivity index (χ3v) is 5.33. The fourth-order valence-corrected chi connectivity index (χ4v) is 3.64. The molecular formula is C26H29N5O2. The van der Waals surface area contributed by atoms with Crippen LogP contribution in [0.4, 0.5) is 11.4 Å². The molecule has 0 atom stereocenters. The van der Waals surface area contributed by atoms with Crippen LogP contribution in [0.15, 0.2) is 67.1 Å². The Labute approximate surface area is 194 Å². The van der Waals surface area contributed by atoms with Gasteiger partial charge in [0.15, 0.2) is 0 Å². The number of anilines is 2. The summed E-state index contributed by atoms with van der Waals surface area (Å²) in [5, 5.41) is 3.50. The first-order valence-corrected chi connectivity index (χ1v) is 11.0. The molecule has 0 radical (unpaired) electrons. The maximum absolute atomic E-state index is 5.51. The summed E-state index contributed by atoms with van der Waals surface area (Å²) < 4.78 is 11.0. The van der Waals surface area contributed by atoms with Gasteiger partial charge in [-0.05, 0) is 30.3 Å². The van der Waals surface area contributed by atoms with E-state index in [0.29, 0.717) is 6.04 Å². The van der Waals surface area contributed by atoms with E-state index in [1.165, 1.54) is 0 Å². The van der Waals surface area contributed by atoms with Gasteiger partial charge in [0.1, 0.15) is 11.5 Å². The molecule has 2 aromatic heterocycles. The van der Waals surface area contributed by atoms with Crippen molar-refractivity contribution in [3.05, 3.63) is 67.1 Å². The van der Waals surface area contributed by atoms with E-state index in [2.05, 4.69) is 46.2 Å². The number of methoxy groups -OCH3 is 2. The van der Waals surface area contributed by atoms with Gasteiger partial charge in [0.25, 0.3) is 0 Å². The lowest BCUT2D eigenvalue weighted by molar-refractivity contribution is 0.394. The van der Waals surface area contributed by atoms with Crippen molar-refractivity contribution < 1.29 is 9.47 Å². The topological polar surface area (TPSA) is 72.4 Å². The molecule has 0 saturated carbocycles. The number of rotatable bonds is 9. The third kappa shape index (κ3) is 5.38. The van der Waals surface area contributed by atoms with Crippen molar-refractivity contribution in [1.82, 2.24) is 20.3 Å². The van der Waals surface area contributed by atoms with Crippen LogP contribution in [0.5, 0.6) is 11.5 Å². The summed E-state index contributed by atoms with van der Waals surface area (Å²) in [6.07, 6.45) is 5.34. The average Bonchev–Trinajstić information content (AvgIpc) is 2.86. The van der Waals surface area contributed by atoms with E-state index in [4.69, 9.17) is 14.5 Å². The van der Waals surface area contributed by atoms with Crippen LogP contribution in [0, 0.1) is 0 Å². The third-order valence-electron chi connectivity index (χ3n) is 5.33. The molecule has 7 heteroatoms. The first-order valence-electron chi connectivity index (χ1n) is 11.0. The number of nitrogens with zero attached hydrogens (tertiary/aromatic N) is 4. The lowest BCUT2D eigenvalue weighted by Gasteiger charge is -2.27. The molecular weight excluding hydrogens is 414 g/mol. The predicted octanol–water partition coefficient (Wildman–Crippen LogP) is 4.85. The van der Waals surface area contributed by atoms with Crippen LogP contribution in [0.2, 0.25) is 0 Å². The fraction of sp³-hybridized carbons (Fsp3) is 0.269. The molecule has 1 N–H and O–H groups in total. The SMILES string of the molecule is COc1cc(OC)cc(N(CCNC(C)C)c2ccc3ncc(-c4cccnc4)nc3c2)c1. The van der Waals surface area contributed by atoms with Gasteiger partial charge in [-0.25, -0.2) is 4.98 Å². The number of nitrogens with one attached hydrogen (secondary N) is 1. The Morgan fingerprint density at radius 3 is 2.36 bits per heavy atom. The van der Waals surface area contributed by atoms with Crippen LogP contribution in [0.25, 0.3) is 22.3 Å². The zero-order chi connectivity index (χ0) is 23.2. The van der Waals surface area contributed by atoms with Gasteiger partial charge >= 0.3 is 0 Å². The van der Waals surface area contributed by atoms with Crippen LogP contribution in [0.1, 0.15) is 13.8 Å². The highest BCUT2D eigenvalue weighted by Gasteiger charge is 2.14. The molecule has 0 aliphatic heterocycles. The van der Waals surface area contributed by atoms with Crippen molar-refractivity contribution in [2.75, 3.05) is 32.2 Å². The van der Waals surface area contributed by atoms with Crippen LogP contribution in [-0.2, 0) is 0 Å². The average molecular weight is 444 g/mol. The summed E-state index contributed by atoms with van der Waals surface area (Å²) in [5.74, 6) is 1.48. The summed E-state index contributed by atoms with van der Waals surface area (Å²) in [7, 11) is 3.32. The quantitative estimate of drug-likeness (QED) is 0.397. The highest BCUT2D eigenvalue weighted by atomic mass is 16.5. The molecule has 33 heavy (non-hydrogen) atoms. The van der Waals surface area contributed by atoms with Crippen LogP contribution >= 0.6 is 0 Å². The summed E-state index contributed by atoms with van der Waals surface area (Å²) >= 11 is 0. The molecule has 7 nitrogen and oxygen atoms in total. The van der Waals surface area contributed by atoms with Crippen LogP contribution in [-0.4, -0.2) is 48.3 Å². The van der Waals surface area contributed by atoms with E-state index in [0.717, 1.165) is 58.3 Å². The zero-order valence-corrected chi connectivity index (χ0v) is 19.4. The van der Waals surface area contributed by atoms with E-state index in [1.807, 2.05) is 36.4 Å². The summed E-state index contributed by atoms with van der Waals surface area (Å²) in [6.45, 7) is 5.86. The first-order chi connectivity index (χ1) is 16.1. The molecule has 2 aromatic carbocycles. The summed E-state index contributed by atoms with van der Waals surface area (Å²) in [6, 6.07) is 16.3. The molecule has 0 amide bonds. The molecule has 4 rings (SSSR count). The Kier molecular flexibility index (Phi) is 7.00. The van der Waals surface area contributed by atoms with E-state index in [9.17, 15) is 0 Å². The molecule has 0 saturated heterocycles. The molecule has 0 fully saturated rings. The summed E-state index contributed by atoms with van der Waals surface area (Å²) in [4.78, 5) is 15.9. The minimum absolute atomic E-state index is 0.399. The van der Waals surface area contributed by atoms with Crippen molar-refractivity contribution >= 4 is 22.4 Å². The Bertz CT molecular complexity index is 1190. The molecule has 0 unspecified atom stereocenters. The number of fused-ring (bicyclic) bond motifs is 1. The molecule has 2 heterocycles. The largest absolute Gasteiger partial charge is 0.497 e. The van der Waals surface area contributed by atoms with Gasteiger partial charge in [-0.15, -0.1) is 0 Å². The maximum atomic E-state index is 5.51. The number of benzene rings is 2. The van der Waals surface area contributed by atoms with E-state index in [1.54, 1.807) is 32.8 Å². The van der Waals surface area contributed by atoms with Gasteiger partial charge in [0.2, 0.25) is 0 Å². The zero-order valence-electron chi connectivity index (χ0n) is 19.4. The predicted molar refractivity (Wildman–Crippen MR) is 132 cm³/mol. The number of hydrogen-bond donors (Lipinski definition) is 1. The van der Waals surface area contributed by atoms with Gasteiger partial charge in [-0.2, -0.15) is 0 Å². The van der Waals surface area contributed by atoms with Crippen molar-refractivity contribution in [2.24, 2.45) is 0 Å². The first kappa shape index (κ1) is 22.5. The second-order valence-electron chi connectivity index (χ2n) is 8.00. The standard InChI is InChI=1S/C26H29N5O2/c1-18(2)28-10-11-31(21-12-22(32-3)15-23(13-21)33-4)20-7-8-24-25(14-20)30-26(17-29-24)19-6-5-9-27-16-19/h5-9,12-18,28H,10-11H2,1-4H3. The summed E-state index contributed by atoms with van der Waals surface area (Å²) in [5.41, 5.74) is 5.39. The lowest BCUT2D eigenvalue weighted by atomic mass is 10.1. The minimum atomic E-state index is 0.399. The number of ether oxygens (including phenoxy) is 2. The Hall–Kier alpha value is -3.71. The van der Waals surface area contributed by atoms with Gasteiger partial charge in [0, 0.05) is 66.7 Å². The molecule has 4 aromatic rings. The molecule has 0 spiro atoms. The van der Waals surface area contributed by atoms with Crippen molar-refractivity contribution in [3.8, 4) is 22.8 Å². The van der Waals surface area contributed by atoms with Gasteiger partial charge in [-0.1, -0.05) is 13.8 Å². The van der Waals surface area contributed by atoms with E-state index < -0.39 is 0 Å².